The van der Waals surface area contributed by atoms with Gasteiger partial charge in [-0.15, -0.1) is 0 Å². The van der Waals surface area contributed by atoms with Crippen molar-refractivity contribution in [3.63, 3.8) is 0 Å². The van der Waals surface area contributed by atoms with E-state index >= 15 is 0 Å². The minimum Gasteiger partial charge on any atom is -0.466 e. The third-order valence-corrected chi connectivity index (χ3v) is 7.46. The molecular weight excluding hydrogens is 574 g/mol. The van der Waals surface area contributed by atoms with Crippen LogP contribution < -0.4 is 5.32 Å². The molecule has 1 aliphatic carbocycles. The average Bonchev–Trinajstić information content (AvgIpc) is 3.30. The molecule has 242 valence electrons. The van der Waals surface area contributed by atoms with Crippen molar-refractivity contribution >= 4 is 12.1 Å². The summed E-state index contributed by atoms with van der Waals surface area (Å²) in [5.41, 5.74) is 2.01. The molecule has 3 aromatic carbocycles. The van der Waals surface area contributed by atoms with Crippen molar-refractivity contribution in [1.82, 2.24) is 5.32 Å². The van der Waals surface area contributed by atoms with E-state index in [1.54, 1.807) is 27.7 Å². The molecule has 9 nitrogen and oxygen atoms in total. The fourth-order valence-corrected chi connectivity index (χ4v) is 5.53. The maximum atomic E-state index is 13.3. The molecule has 0 aliphatic heterocycles. The first kappa shape index (κ1) is 34.1. The molecule has 6 atom stereocenters. The van der Waals surface area contributed by atoms with Crippen LogP contribution in [0.4, 0.5) is 4.79 Å². The van der Waals surface area contributed by atoms with Crippen LogP contribution in [0.3, 0.4) is 0 Å². The van der Waals surface area contributed by atoms with E-state index in [0.29, 0.717) is 0 Å². The number of nitrogens with one attached hydrogen (secondary N) is 1. The number of carbonyl (C=O) groups is 2. The van der Waals surface area contributed by atoms with Gasteiger partial charge in [-0.1, -0.05) is 91.0 Å². The van der Waals surface area contributed by atoms with Crippen molar-refractivity contribution in [2.24, 2.45) is 5.92 Å². The molecule has 2 N–H and O–H groups in total. The van der Waals surface area contributed by atoms with Crippen LogP contribution in [0.5, 0.6) is 0 Å². The number of aliphatic hydroxyl groups is 1. The molecule has 0 radical (unpaired) electrons. The van der Waals surface area contributed by atoms with Crippen molar-refractivity contribution < 1.29 is 38.4 Å². The molecule has 0 saturated heterocycles. The molecular formula is C36H45NO8. The largest absolute Gasteiger partial charge is 0.466 e. The van der Waals surface area contributed by atoms with Gasteiger partial charge in [-0.25, -0.2) is 4.79 Å². The van der Waals surface area contributed by atoms with Crippen molar-refractivity contribution in [3.05, 3.63) is 108 Å². The van der Waals surface area contributed by atoms with Crippen LogP contribution in [0.2, 0.25) is 0 Å². The van der Waals surface area contributed by atoms with Crippen molar-refractivity contribution in [2.45, 2.75) is 90.0 Å². The number of ether oxygens (including phenoxy) is 5. The third-order valence-electron chi connectivity index (χ3n) is 7.46. The van der Waals surface area contributed by atoms with E-state index in [-0.39, 0.29) is 32.8 Å². The molecule has 1 aliphatic rings. The van der Waals surface area contributed by atoms with Crippen molar-refractivity contribution in [2.75, 3.05) is 6.61 Å². The summed E-state index contributed by atoms with van der Waals surface area (Å²) >= 11 is 0. The monoisotopic (exact) mass is 619 g/mol. The predicted molar refractivity (Wildman–Crippen MR) is 169 cm³/mol. The van der Waals surface area contributed by atoms with E-state index in [4.69, 9.17) is 23.7 Å². The molecule has 0 aromatic heterocycles. The molecule has 0 spiro atoms. The summed E-state index contributed by atoms with van der Waals surface area (Å²) in [6, 6.07) is 28.2. The van der Waals surface area contributed by atoms with Gasteiger partial charge in [-0.3, -0.25) is 4.79 Å². The Balaban J connectivity index is 1.73. The van der Waals surface area contributed by atoms with Gasteiger partial charge in [0.15, 0.2) is 0 Å². The fourth-order valence-electron chi connectivity index (χ4n) is 5.53. The van der Waals surface area contributed by atoms with E-state index in [0.717, 1.165) is 16.7 Å². The Morgan fingerprint density at radius 3 is 1.62 bits per heavy atom. The molecule has 1 fully saturated rings. The van der Waals surface area contributed by atoms with E-state index in [2.05, 4.69) is 5.32 Å². The SMILES string of the molecule is CCOC(=O)CC(O)[C@H]1[C@H](NC(=O)OC(C)(C)C)[C@@H](OCc2ccccc2)[C@@H](OCc2ccccc2)[C@@H]1OCc1ccccc1. The highest BCUT2D eigenvalue weighted by Gasteiger charge is 2.56. The molecule has 3 aromatic rings. The Bertz CT molecular complexity index is 1320. The molecule has 45 heavy (non-hydrogen) atoms. The lowest BCUT2D eigenvalue weighted by Gasteiger charge is -2.31. The van der Waals surface area contributed by atoms with Gasteiger partial charge in [0.25, 0.3) is 0 Å². The second kappa shape index (κ2) is 16.5. The Morgan fingerprint density at radius 2 is 1.18 bits per heavy atom. The maximum absolute atomic E-state index is 13.3. The van der Waals surface area contributed by atoms with Gasteiger partial charge < -0.3 is 34.1 Å². The Kier molecular flexibility index (Phi) is 12.5. The van der Waals surface area contributed by atoms with Gasteiger partial charge >= 0.3 is 12.1 Å². The first-order valence-corrected chi connectivity index (χ1v) is 15.4. The summed E-state index contributed by atoms with van der Waals surface area (Å²) in [5.74, 6) is -1.37. The van der Waals surface area contributed by atoms with Gasteiger partial charge in [-0.05, 0) is 44.4 Å². The Hall–Kier alpha value is -3.76. The standard InChI is InChI=1S/C36H45NO8/c1-5-41-29(39)21-28(38)30-31(37-35(40)45-36(2,3)4)33(43-23-26-17-11-7-12-18-26)34(44-24-27-19-13-8-14-20-27)32(30)42-22-25-15-9-6-10-16-25/h6-20,28,30-34,38H,5,21-24H2,1-4H3,(H,37,40)/t28?,30-,31-,32+,33+,34-/m0/s1. The average molecular weight is 620 g/mol. The van der Waals surface area contributed by atoms with Crippen LogP contribution in [-0.4, -0.2) is 59.8 Å². The fraction of sp³-hybridized carbons (Fsp3) is 0.444. The van der Waals surface area contributed by atoms with Gasteiger partial charge in [0.2, 0.25) is 0 Å². The summed E-state index contributed by atoms with van der Waals surface area (Å²) < 4.78 is 30.5. The van der Waals surface area contributed by atoms with Gasteiger partial charge in [-0.2, -0.15) is 0 Å². The van der Waals surface area contributed by atoms with Crippen LogP contribution in [0.25, 0.3) is 0 Å². The van der Waals surface area contributed by atoms with Gasteiger partial charge in [0.05, 0.1) is 51.1 Å². The third kappa shape index (κ3) is 10.4. The van der Waals surface area contributed by atoms with E-state index in [1.165, 1.54) is 0 Å². The molecule has 9 heteroatoms. The van der Waals surface area contributed by atoms with Crippen LogP contribution in [0.1, 0.15) is 50.8 Å². The second-order valence-electron chi connectivity index (χ2n) is 12.1. The maximum Gasteiger partial charge on any atom is 0.407 e. The number of carbonyl (C=O) groups excluding carboxylic acids is 2. The number of amides is 1. The quantitative estimate of drug-likeness (QED) is 0.225. The van der Waals surface area contributed by atoms with E-state index in [1.807, 2.05) is 91.0 Å². The summed E-state index contributed by atoms with van der Waals surface area (Å²) in [4.78, 5) is 25.9. The van der Waals surface area contributed by atoms with Crippen molar-refractivity contribution in [1.29, 1.82) is 0 Å². The minimum absolute atomic E-state index is 0.176. The number of aliphatic hydroxyl groups excluding tert-OH is 1. The lowest BCUT2D eigenvalue weighted by atomic mass is 9.92. The second-order valence-corrected chi connectivity index (χ2v) is 12.1. The summed E-state index contributed by atoms with van der Waals surface area (Å²) in [6.07, 6.45) is -4.52. The molecule has 1 saturated carbocycles. The zero-order valence-electron chi connectivity index (χ0n) is 26.5. The smallest absolute Gasteiger partial charge is 0.407 e. The summed E-state index contributed by atoms with van der Waals surface area (Å²) in [6.45, 7) is 7.87. The van der Waals surface area contributed by atoms with Gasteiger partial charge in [0.1, 0.15) is 17.8 Å². The zero-order valence-corrected chi connectivity index (χ0v) is 26.5. The number of hydrogen-bond acceptors (Lipinski definition) is 8. The van der Waals surface area contributed by atoms with Crippen LogP contribution in [0.15, 0.2) is 91.0 Å². The highest BCUT2D eigenvalue weighted by atomic mass is 16.6. The first-order valence-electron chi connectivity index (χ1n) is 15.4. The first-order chi connectivity index (χ1) is 21.6. The molecule has 4 rings (SSSR count). The number of esters is 1. The van der Waals surface area contributed by atoms with Crippen LogP contribution in [0, 0.1) is 5.92 Å². The van der Waals surface area contributed by atoms with E-state index in [9.17, 15) is 14.7 Å². The summed E-state index contributed by atoms with van der Waals surface area (Å²) in [5, 5.41) is 14.6. The molecule has 1 unspecified atom stereocenters. The normalized spacial score (nSPS) is 22.0. The number of hydrogen-bond donors (Lipinski definition) is 2. The van der Waals surface area contributed by atoms with Crippen LogP contribution in [-0.2, 0) is 48.3 Å². The summed E-state index contributed by atoms with van der Waals surface area (Å²) in [7, 11) is 0. The molecule has 0 heterocycles. The highest BCUT2D eigenvalue weighted by Crippen LogP contribution is 2.39. The zero-order chi connectivity index (χ0) is 32.2. The number of rotatable bonds is 14. The topological polar surface area (TPSA) is 113 Å². The van der Waals surface area contributed by atoms with E-state index < -0.39 is 54.0 Å². The lowest BCUT2D eigenvalue weighted by Crippen LogP contribution is -2.51. The number of benzene rings is 3. The van der Waals surface area contributed by atoms with Crippen molar-refractivity contribution in [3.8, 4) is 0 Å². The molecule has 0 bridgehead atoms. The minimum atomic E-state index is -1.25. The molecule has 1 amide bonds. The Labute approximate surface area is 265 Å². The Morgan fingerprint density at radius 1 is 0.733 bits per heavy atom. The highest BCUT2D eigenvalue weighted by molar-refractivity contribution is 5.70. The predicted octanol–water partition coefficient (Wildman–Crippen LogP) is 5.58. The number of alkyl carbamates (subject to hydrolysis) is 1. The lowest BCUT2D eigenvalue weighted by molar-refractivity contribution is -0.149. The van der Waals surface area contributed by atoms with Crippen LogP contribution >= 0.6 is 0 Å². The van der Waals surface area contributed by atoms with Gasteiger partial charge in [0, 0.05) is 5.92 Å².